The van der Waals surface area contributed by atoms with E-state index in [1.54, 1.807) is 6.07 Å². The minimum atomic E-state index is -4.29. The van der Waals surface area contributed by atoms with Crippen molar-refractivity contribution in [3.63, 3.8) is 0 Å². The van der Waals surface area contributed by atoms with Gasteiger partial charge in [-0.3, -0.25) is 0 Å². The fourth-order valence-electron chi connectivity index (χ4n) is 1.12. The molecular weight excluding hydrogens is 193 g/mol. The Morgan fingerprint density at radius 2 is 1.93 bits per heavy atom. The van der Waals surface area contributed by atoms with Crippen molar-refractivity contribution in [3.8, 4) is 5.75 Å². The lowest BCUT2D eigenvalue weighted by molar-refractivity contribution is -0.137. The first-order valence-electron chi connectivity index (χ1n) is 4.39. The molecule has 1 aliphatic rings. The van der Waals surface area contributed by atoms with Crippen LogP contribution in [-0.2, 0) is 6.18 Å². The Labute approximate surface area is 79.5 Å². The van der Waals surface area contributed by atoms with Crippen LogP contribution in [0.3, 0.4) is 0 Å². The highest BCUT2D eigenvalue weighted by Gasteiger charge is 2.31. The molecule has 0 amide bonds. The first-order chi connectivity index (χ1) is 6.55. The van der Waals surface area contributed by atoms with Crippen LogP contribution in [0, 0.1) is 0 Å². The van der Waals surface area contributed by atoms with E-state index in [1.165, 1.54) is 6.07 Å². The lowest BCUT2D eigenvalue weighted by Gasteiger charge is -2.09. The van der Waals surface area contributed by atoms with E-state index < -0.39 is 11.7 Å². The van der Waals surface area contributed by atoms with Crippen molar-refractivity contribution in [1.29, 1.82) is 0 Å². The second-order valence-corrected chi connectivity index (χ2v) is 3.34. The zero-order valence-electron chi connectivity index (χ0n) is 7.34. The minimum absolute atomic E-state index is 0.124. The lowest BCUT2D eigenvalue weighted by atomic mass is 10.2. The summed E-state index contributed by atoms with van der Waals surface area (Å²) in [4.78, 5) is 0. The van der Waals surface area contributed by atoms with Crippen molar-refractivity contribution < 1.29 is 17.9 Å². The summed E-state index contributed by atoms with van der Waals surface area (Å²) >= 11 is 0. The average Bonchev–Trinajstić information content (AvgIpc) is 2.87. The summed E-state index contributed by atoms with van der Waals surface area (Å²) in [5.74, 6) is 0.308. The van der Waals surface area contributed by atoms with E-state index in [2.05, 4.69) is 0 Å². The van der Waals surface area contributed by atoms with Gasteiger partial charge in [0, 0.05) is 0 Å². The molecule has 76 valence electrons. The highest BCUT2D eigenvalue weighted by atomic mass is 19.4. The van der Waals surface area contributed by atoms with Crippen molar-refractivity contribution in [2.24, 2.45) is 0 Å². The standard InChI is InChI=1S/C10H9F3O/c11-10(12,13)7-2-1-3-9(6-7)14-8-4-5-8/h1-3,6,8H,4-5H2. The van der Waals surface area contributed by atoms with Crippen LogP contribution in [-0.4, -0.2) is 6.10 Å². The molecule has 1 nitrogen and oxygen atoms in total. The van der Waals surface area contributed by atoms with Crippen molar-refractivity contribution in [1.82, 2.24) is 0 Å². The van der Waals surface area contributed by atoms with E-state index in [4.69, 9.17) is 4.74 Å². The SMILES string of the molecule is FC(F)(F)c1cccc(OC2CC2)c1. The second kappa shape index (κ2) is 3.19. The van der Waals surface area contributed by atoms with Gasteiger partial charge >= 0.3 is 6.18 Å². The van der Waals surface area contributed by atoms with E-state index in [9.17, 15) is 13.2 Å². The molecule has 1 aromatic carbocycles. The molecule has 0 radical (unpaired) electrons. The van der Waals surface area contributed by atoms with E-state index in [1.807, 2.05) is 0 Å². The molecule has 0 spiro atoms. The zero-order valence-corrected chi connectivity index (χ0v) is 7.34. The first kappa shape index (κ1) is 9.37. The lowest BCUT2D eigenvalue weighted by Crippen LogP contribution is -2.05. The molecule has 0 N–H and O–H groups in total. The van der Waals surface area contributed by atoms with Crippen molar-refractivity contribution in [2.45, 2.75) is 25.1 Å². The van der Waals surface area contributed by atoms with E-state index in [0.29, 0.717) is 5.75 Å². The number of rotatable bonds is 2. The van der Waals surface area contributed by atoms with Crippen molar-refractivity contribution >= 4 is 0 Å². The number of hydrogen-bond acceptors (Lipinski definition) is 1. The number of benzene rings is 1. The monoisotopic (exact) mass is 202 g/mol. The zero-order chi connectivity index (χ0) is 10.2. The summed E-state index contributed by atoms with van der Waals surface area (Å²) in [6.07, 6.45) is -2.28. The highest BCUT2D eigenvalue weighted by molar-refractivity contribution is 5.30. The summed E-state index contributed by atoms with van der Waals surface area (Å²) in [7, 11) is 0. The fourth-order valence-corrected chi connectivity index (χ4v) is 1.12. The molecule has 0 atom stereocenters. The molecule has 0 aliphatic heterocycles. The Morgan fingerprint density at radius 1 is 1.21 bits per heavy atom. The van der Waals surface area contributed by atoms with Crippen LogP contribution in [0.25, 0.3) is 0 Å². The topological polar surface area (TPSA) is 9.23 Å². The van der Waals surface area contributed by atoms with Gasteiger partial charge in [-0.15, -0.1) is 0 Å². The average molecular weight is 202 g/mol. The molecule has 2 rings (SSSR count). The normalized spacial score (nSPS) is 16.8. The maximum Gasteiger partial charge on any atom is 0.416 e. The van der Waals surface area contributed by atoms with Gasteiger partial charge in [0.05, 0.1) is 11.7 Å². The summed E-state index contributed by atoms with van der Waals surface area (Å²) in [5.41, 5.74) is -0.657. The van der Waals surface area contributed by atoms with Crippen LogP contribution in [0.1, 0.15) is 18.4 Å². The molecule has 1 aromatic rings. The number of alkyl halides is 3. The smallest absolute Gasteiger partial charge is 0.416 e. The van der Waals surface area contributed by atoms with Crippen LogP contribution in [0.15, 0.2) is 24.3 Å². The molecule has 1 saturated carbocycles. The van der Waals surface area contributed by atoms with Gasteiger partial charge in [0.2, 0.25) is 0 Å². The van der Waals surface area contributed by atoms with E-state index >= 15 is 0 Å². The second-order valence-electron chi connectivity index (χ2n) is 3.34. The molecule has 14 heavy (non-hydrogen) atoms. The van der Waals surface area contributed by atoms with Gasteiger partial charge in [-0.2, -0.15) is 13.2 Å². The van der Waals surface area contributed by atoms with Crippen LogP contribution >= 0.6 is 0 Å². The fraction of sp³-hybridized carbons (Fsp3) is 0.400. The van der Waals surface area contributed by atoms with E-state index in [-0.39, 0.29) is 6.10 Å². The molecular formula is C10H9F3O. The van der Waals surface area contributed by atoms with Crippen LogP contribution in [0.5, 0.6) is 5.75 Å². The Morgan fingerprint density at radius 3 is 2.50 bits per heavy atom. The minimum Gasteiger partial charge on any atom is -0.490 e. The molecule has 1 aliphatic carbocycles. The Kier molecular flexibility index (Phi) is 2.13. The van der Waals surface area contributed by atoms with E-state index in [0.717, 1.165) is 25.0 Å². The molecule has 4 heteroatoms. The van der Waals surface area contributed by atoms with Crippen molar-refractivity contribution in [3.05, 3.63) is 29.8 Å². The maximum atomic E-state index is 12.3. The summed E-state index contributed by atoms with van der Waals surface area (Å²) in [5, 5.41) is 0. The molecule has 0 saturated heterocycles. The third-order valence-corrected chi connectivity index (χ3v) is 1.99. The third kappa shape index (κ3) is 2.19. The molecule has 0 heterocycles. The van der Waals surface area contributed by atoms with Crippen molar-refractivity contribution in [2.75, 3.05) is 0 Å². The maximum absolute atomic E-state index is 12.3. The number of ether oxygens (including phenoxy) is 1. The number of hydrogen-bond donors (Lipinski definition) is 0. The van der Waals surface area contributed by atoms with Gasteiger partial charge in [0.15, 0.2) is 0 Å². The van der Waals surface area contributed by atoms with Gasteiger partial charge in [-0.05, 0) is 31.0 Å². The van der Waals surface area contributed by atoms with Crippen LogP contribution in [0.4, 0.5) is 13.2 Å². The van der Waals surface area contributed by atoms with Crippen LogP contribution in [0.2, 0.25) is 0 Å². The Bertz CT molecular complexity index is 328. The van der Waals surface area contributed by atoms with Gasteiger partial charge < -0.3 is 4.74 Å². The Balaban J connectivity index is 2.17. The van der Waals surface area contributed by atoms with Crippen LogP contribution < -0.4 is 4.74 Å². The summed E-state index contributed by atoms with van der Waals surface area (Å²) < 4.78 is 42.1. The van der Waals surface area contributed by atoms with Gasteiger partial charge in [0.1, 0.15) is 5.75 Å². The highest BCUT2D eigenvalue weighted by Crippen LogP contribution is 2.33. The molecule has 0 bridgehead atoms. The first-order valence-corrected chi connectivity index (χ1v) is 4.39. The Hall–Kier alpha value is -1.19. The predicted molar refractivity (Wildman–Crippen MR) is 45.1 cm³/mol. The van der Waals surface area contributed by atoms with Gasteiger partial charge in [0.25, 0.3) is 0 Å². The molecule has 1 fully saturated rings. The molecule has 0 aromatic heterocycles. The summed E-state index contributed by atoms with van der Waals surface area (Å²) in [6, 6.07) is 4.99. The largest absolute Gasteiger partial charge is 0.490 e. The summed E-state index contributed by atoms with van der Waals surface area (Å²) in [6.45, 7) is 0. The molecule has 0 unspecified atom stereocenters. The van der Waals surface area contributed by atoms with Gasteiger partial charge in [-0.25, -0.2) is 0 Å². The quantitative estimate of drug-likeness (QED) is 0.715. The predicted octanol–water partition coefficient (Wildman–Crippen LogP) is 3.25. The number of halogens is 3. The third-order valence-electron chi connectivity index (χ3n) is 1.99. The van der Waals surface area contributed by atoms with Gasteiger partial charge in [-0.1, -0.05) is 6.07 Å².